The number of benzene rings is 2. The van der Waals surface area contributed by atoms with Gasteiger partial charge in [-0.15, -0.1) is 0 Å². The molecule has 2 aromatic carbocycles. The van der Waals surface area contributed by atoms with Crippen molar-refractivity contribution in [2.24, 2.45) is 0 Å². The molecule has 192 valence electrons. The topological polar surface area (TPSA) is 118 Å². The first-order chi connectivity index (χ1) is 17.3. The predicted octanol–water partition coefficient (Wildman–Crippen LogP) is 4.66. The van der Waals surface area contributed by atoms with Crippen molar-refractivity contribution in [2.45, 2.75) is 32.7 Å². The lowest BCUT2D eigenvalue weighted by molar-refractivity contribution is -0.136. The van der Waals surface area contributed by atoms with E-state index >= 15 is 0 Å². The van der Waals surface area contributed by atoms with Crippen LogP contribution in [0.1, 0.15) is 38.3 Å². The van der Waals surface area contributed by atoms with Gasteiger partial charge in [0.15, 0.2) is 0 Å². The van der Waals surface area contributed by atoms with Crippen LogP contribution in [0.4, 0.5) is 21.0 Å². The molecule has 0 unspecified atom stereocenters. The Morgan fingerprint density at radius 1 is 1.06 bits per heavy atom. The molecule has 0 bridgehead atoms. The van der Waals surface area contributed by atoms with E-state index in [0.29, 0.717) is 46.3 Å². The molecular formula is C26H32N4O6. The van der Waals surface area contributed by atoms with Crippen molar-refractivity contribution in [3.63, 3.8) is 0 Å². The highest BCUT2D eigenvalue weighted by Gasteiger charge is 2.36. The number of hydrogen-bond acceptors (Lipinski definition) is 6. The number of unbranched alkanes of at least 4 members (excludes halogenated alkanes) is 1. The standard InChI is InChI=1S/C26H32N4O6/c1-6-7-13-30-16(2)22(24(31)36-5)23(29-26(30)33)17-9-8-10-18(14-17)27-25(32)28-20-12-11-19(34-3)15-21(20)35-4/h8-12,14-15,23H,6-7,13H2,1-5H3,(H,29,33)(H2,27,28,32)/t23-/m0/s1. The molecule has 10 nitrogen and oxygen atoms in total. The molecule has 4 amide bonds. The lowest BCUT2D eigenvalue weighted by Gasteiger charge is -2.35. The third-order valence-corrected chi connectivity index (χ3v) is 5.87. The number of hydrogen-bond donors (Lipinski definition) is 3. The average Bonchev–Trinajstić information content (AvgIpc) is 2.88. The first-order valence-corrected chi connectivity index (χ1v) is 11.6. The monoisotopic (exact) mass is 496 g/mol. The minimum absolute atomic E-state index is 0.290. The van der Waals surface area contributed by atoms with E-state index in [9.17, 15) is 14.4 Å². The smallest absolute Gasteiger partial charge is 0.337 e. The highest BCUT2D eigenvalue weighted by atomic mass is 16.5. The van der Waals surface area contributed by atoms with E-state index in [2.05, 4.69) is 16.0 Å². The van der Waals surface area contributed by atoms with Gasteiger partial charge in [-0.1, -0.05) is 25.5 Å². The minimum Gasteiger partial charge on any atom is -0.497 e. The van der Waals surface area contributed by atoms with Gasteiger partial charge in [0.2, 0.25) is 0 Å². The summed E-state index contributed by atoms with van der Waals surface area (Å²) in [6.45, 7) is 4.27. The minimum atomic E-state index is -0.727. The van der Waals surface area contributed by atoms with Gasteiger partial charge in [0.05, 0.1) is 38.6 Å². The fourth-order valence-corrected chi connectivity index (χ4v) is 3.97. The number of methoxy groups -OCH3 is 3. The van der Waals surface area contributed by atoms with Crippen molar-refractivity contribution < 1.29 is 28.6 Å². The maximum Gasteiger partial charge on any atom is 0.337 e. The number of rotatable bonds is 9. The third-order valence-electron chi connectivity index (χ3n) is 5.87. The van der Waals surface area contributed by atoms with E-state index < -0.39 is 18.0 Å². The second-order valence-electron chi connectivity index (χ2n) is 8.15. The van der Waals surface area contributed by atoms with Crippen molar-refractivity contribution in [3.05, 3.63) is 59.3 Å². The summed E-state index contributed by atoms with van der Waals surface area (Å²) >= 11 is 0. The number of anilines is 2. The SMILES string of the molecule is CCCCN1C(=O)N[C@@H](c2cccc(NC(=O)Nc3ccc(OC)cc3OC)c2)C(C(=O)OC)=C1C. The Labute approximate surface area is 210 Å². The predicted molar refractivity (Wildman–Crippen MR) is 136 cm³/mol. The third kappa shape index (κ3) is 5.88. The van der Waals surface area contributed by atoms with E-state index in [4.69, 9.17) is 14.2 Å². The molecule has 0 aromatic heterocycles. The van der Waals surface area contributed by atoms with Gasteiger partial charge in [-0.05, 0) is 43.2 Å². The van der Waals surface area contributed by atoms with Gasteiger partial charge in [-0.3, -0.25) is 4.90 Å². The number of esters is 1. The van der Waals surface area contributed by atoms with Crippen molar-refractivity contribution in [1.29, 1.82) is 0 Å². The van der Waals surface area contributed by atoms with Crippen molar-refractivity contribution in [2.75, 3.05) is 38.5 Å². The van der Waals surface area contributed by atoms with E-state index in [1.165, 1.54) is 14.2 Å². The second kappa shape index (κ2) is 12.0. The average molecular weight is 497 g/mol. The molecule has 1 atom stereocenters. The van der Waals surface area contributed by atoms with Gasteiger partial charge in [-0.2, -0.15) is 0 Å². The number of carbonyl (C=O) groups excluding carboxylic acids is 3. The summed E-state index contributed by atoms with van der Waals surface area (Å²) in [6.07, 6.45) is 1.71. The molecule has 1 heterocycles. The number of allylic oxidation sites excluding steroid dienone is 1. The summed E-state index contributed by atoms with van der Waals surface area (Å²) in [4.78, 5) is 39.8. The molecular weight excluding hydrogens is 464 g/mol. The van der Waals surface area contributed by atoms with Crippen molar-refractivity contribution >= 4 is 29.4 Å². The largest absolute Gasteiger partial charge is 0.497 e. The Hall–Kier alpha value is -4.21. The zero-order chi connectivity index (χ0) is 26.2. The molecule has 0 fully saturated rings. The van der Waals surface area contributed by atoms with Gasteiger partial charge in [0.25, 0.3) is 0 Å². The first-order valence-electron chi connectivity index (χ1n) is 11.6. The highest BCUT2D eigenvalue weighted by Crippen LogP contribution is 2.33. The number of amides is 4. The van der Waals surface area contributed by atoms with Crippen LogP contribution in [0.5, 0.6) is 11.5 Å². The number of ether oxygens (including phenoxy) is 3. The number of nitrogens with zero attached hydrogens (tertiary/aromatic N) is 1. The summed E-state index contributed by atoms with van der Waals surface area (Å²) in [6, 6.07) is 10.5. The first kappa shape index (κ1) is 26.4. The van der Waals surface area contributed by atoms with E-state index in [1.54, 1.807) is 61.4 Å². The van der Waals surface area contributed by atoms with E-state index in [0.717, 1.165) is 12.8 Å². The molecule has 0 radical (unpaired) electrons. The lowest BCUT2D eigenvalue weighted by Crippen LogP contribution is -2.48. The molecule has 0 aliphatic carbocycles. The Morgan fingerprint density at radius 3 is 2.50 bits per heavy atom. The molecule has 1 aliphatic heterocycles. The quantitative estimate of drug-likeness (QED) is 0.435. The Balaban J connectivity index is 1.84. The molecule has 0 saturated carbocycles. The molecule has 10 heteroatoms. The Kier molecular flexibility index (Phi) is 8.77. The summed E-state index contributed by atoms with van der Waals surface area (Å²) in [7, 11) is 4.35. The van der Waals surface area contributed by atoms with E-state index in [-0.39, 0.29) is 6.03 Å². The van der Waals surface area contributed by atoms with Crippen LogP contribution < -0.4 is 25.4 Å². The normalized spacial score (nSPS) is 15.2. The number of urea groups is 2. The van der Waals surface area contributed by atoms with Crippen molar-refractivity contribution in [1.82, 2.24) is 10.2 Å². The van der Waals surface area contributed by atoms with Crippen LogP contribution in [-0.2, 0) is 9.53 Å². The van der Waals surface area contributed by atoms with Gasteiger partial charge in [0.1, 0.15) is 11.5 Å². The zero-order valence-corrected chi connectivity index (χ0v) is 21.1. The number of carbonyl (C=O) groups is 3. The Morgan fingerprint density at radius 2 is 1.83 bits per heavy atom. The van der Waals surface area contributed by atoms with E-state index in [1.807, 2.05) is 6.92 Å². The van der Waals surface area contributed by atoms with Crippen LogP contribution in [0.2, 0.25) is 0 Å². The fraction of sp³-hybridized carbons (Fsp3) is 0.346. The summed E-state index contributed by atoms with van der Waals surface area (Å²) in [5.74, 6) is 0.513. The van der Waals surface area contributed by atoms with Crippen LogP contribution >= 0.6 is 0 Å². The maximum atomic E-state index is 12.9. The fourth-order valence-electron chi connectivity index (χ4n) is 3.97. The second-order valence-corrected chi connectivity index (χ2v) is 8.15. The molecule has 3 N–H and O–H groups in total. The van der Waals surface area contributed by atoms with Crippen LogP contribution in [0, 0.1) is 0 Å². The van der Waals surface area contributed by atoms with Gasteiger partial charge in [-0.25, -0.2) is 14.4 Å². The highest BCUT2D eigenvalue weighted by molar-refractivity contribution is 6.01. The summed E-state index contributed by atoms with van der Waals surface area (Å²) in [5.41, 5.74) is 2.45. The molecule has 36 heavy (non-hydrogen) atoms. The zero-order valence-electron chi connectivity index (χ0n) is 21.1. The lowest BCUT2D eigenvalue weighted by atomic mass is 9.94. The summed E-state index contributed by atoms with van der Waals surface area (Å²) in [5, 5.41) is 8.43. The summed E-state index contributed by atoms with van der Waals surface area (Å²) < 4.78 is 15.5. The maximum absolute atomic E-state index is 12.9. The van der Waals surface area contributed by atoms with Crippen LogP contribution in [0.25, 0.3) is 0 Å². The molecule has 0 saturated heterocycles. The van der Waals surface area contributed by atoms with Crippen LogP contribution in [0.15, 0.2) is 53.7 Å². The molecule has 2 aromatic rings. The molecule has 0 spiro atoms. The molecule has 1 aliphatic rings. The van der Waals surface area contributed by atoms with Gasteiger partial charge < -0.3 is 30.2 Å². The van der Waals surface area contributed by atoms with Crippen LogP contribution in [-0.4, -0.2) is 50.8 Å². The number of nitrogens with one attached hydrogen (secondary N) is 3. The molecule has 3 rings (SSSR count). The van der Waals surface area contributed by atoms with Gasteiger partial charge >= 0.3 is 18.0 Å². The van der Waals surface area contributed by atoms with Crippen LogP contribution in [0.3, 0.4) is 0 Å². The van der Waals surface area contributed by atoms with Gasteiger partial charge in [0, 0.05) is 24.0 Å². The van der Waals surface area contributed by atoms with Crippen molar-refractivity contribution in [3.8, 4) is 11.5 Å². The Bertz CT molecular complexity index is 1160.